The van der Waals surface area contributed by atoms with Crippen molar-refractivity contribution in [1.82, 2.24) is 4.98 Å². The summed E-state index contributed by atoms with van der Waals surface area (Å²) in [5.41, 5.74) is 2.50. The van der Waals surface area contributed by atoms with Crippen molar-refractivity contribution in [2.24, 2.45) is 11.8 Å². The third kappa shape index (κ3) is 2.55. The Bertz CT molecular complexity index is 348. The normalized spacial score (nSPS) is 30.1. The van der Waals surface area contributed by atoms with Crippen molar-refractivity contribution < 1.29 is 0 Å². The van der Waals surface area contributed by atoms with Gasteiger partial charge in [0.2, 0.25) is 0 Å². The van der Waals surface area contributed by atoms with Crippen molar-refractivity contribution in [3.8, 4) is 0 Å². The lowest BCUT2D eigenvalue weighted by molar-refractivity contribution is 0.261. The lowest BCUT2D eigenvalue weighted by atomic mass is 9.79. The summed E-state index contributed by atoms with van der Waals surface area (Å²) in [6.07, 6.45) is 7.72. The molecule has 1 aliphatic carbocycles. The molecule has 0 saturated heterocycles. The molecule has 0 aliphatic heterocycles. The Labute approximate surface area is 98.5 Å². The molecule has 1 aliphatic rings. The molecule has 2 rings (SSSR count). The number of nitrogens with one attached hydrogen (secondary N) is 1. The second-order valence-corrected chi connectivity index (χ2v) is 5.30. The molecule has 0 bridgehead atoms. The lowest BCUT2D eigenvalue weighted by Crippen LogP contribution is -2.30. The summed E-state index contributed by atoms with van der Waals surface area (Å²) in [7, 11) is 0. The van der Waals surface area contributed by atoms with Gasteiger partial charge < -0.3 is 5.32 Å². The topological polar surface area (TPSA) is 24.9 Å². The molecule has 3 unspecified atom stereocenters. The average molecular weight is 218 g/mol. The second kappa shape index (κ2) is 4.86. The van der Waals surface area contributed by atoms with E-state index < -0.39 is 0 Å². The second-order valence-electron chi connectivity index (χ2n) is 5.30. The maximum Gasteiger partial charge on any atom is 0.0558 e. The monoisotopic (exact) mass is 218 g/mol. The molecule has 2 heteroatoms. The highest BCUT2D eigenvalue weighted by Gasteiger charge is 2.24. The first-order chi connectivity index (χ1) is 7.66. The number of aryl methyl sites for hydroxylation is 1. The van der Waals surface area contributed by atoms with Gasteiger partial charge in [0.25, 0.3) is 0 Å². The maximum absolute atomic E-state index is 4.18. The van der Waals surface area contributed by atoms with Gasteiger partial charge in [-0.2, -0.15) is 0 Å². The van der Waals surface area contributed by atoms with E-state index in [9.17, 15) is 0 Å². The largest absolute Gasteiger partial charge is 0.381 e. The van der Waals surface area contributed by atoms with Gasteiger partial charge in [-0.25, -0.2) is 0 Å². The first kappa shape index (κ1) is 11.4. The van der Waals surface area contributed by atoms with Gasteiger partial charge in [-0.15, -0.1) is 0 Å². The molecule has 0 amide bonds. The SMILES string of the molecule is Cc1ccncc1NC1CCC(C)C(C)C1. The molecule has 1 aromatic heterocycles. The molecule has 2 nitrogen and oxygen atoms in total. The Kier molecular flexibility index (Phi) is 3.47. The number of anilines is 1. The predicted molar refractivity (Wildman–Crippen MR) is 68.6 cm³/mol. The molecule has 0 spiro atoms. The summed E-state index contributed by atoms with van der Waals surface area (Å²) in [6, 6.07) is 2.70. The molecule has 1 N–H and O–H groups in total. The summed E-state index contributed by atoms with van der Waals surface area (Å²) in [6.45, 7) is 6.88. The molecule has 0 radical (unpaired) electrons. The molecular weight excluding hydrogens is 196 g/mol. The van der Waals surface area contributed by atoms with Crippen LogP contribution >= 0.6 is 0 Å². The van der Waals surface area contributed by atoms with Crippen molar-refractivity contribution >= 4 is 5.69 Å². The number of hydrogen-bond acceptors (Lipinski definition) is 2. The Morgan fingerprint density at radius 1 is 1.25 bits per heavy atom. The van der Waals surface area contributed by atoms with Gasteiger partial charge in [-0.1, -0.05) is 13.8 Å². The maximum atomic E-state index is 4.18. The van der Waals surface area contributed by atoms with Crippen molar-refractivity contribution in [2.45, 2.75) is 46.1 Å². The molecule has 1 aromatic rings. The van der Waals surface area contributed by atoms with Crippen molar-refractivity contribution in [3.63, 3.8) is 0 Å². The van der Waals surface area contributed by atoms with E-state index in [1.807, 2.05) is 12.4 Å². The highest BCUT2D eigenvalue weighted by atomic mass is 14.9. The zero-order chi connectivity index (χ0) is 11.5. The lowest BCUT2D eigenvalue weighted by Gasteiger charge is -2.33. The van der Waals surface area contributed by atoms with E-state index in [1.165, 1.54) is 30.5 Å². The minimum atomic E-state index is 0.633. The standard InChI is InChI=1S/C14H22N2/c1-10-4-5-13(8-12(10)3)16-14-9-15-7-6-11(14)2/h6-7,9-10,12-13,16H,4-5,8H2,1-3H3. The zero-order valence-corrected chi connectivity index (χ0v) is 10.5. The smallest absolute Gasteiger partial charge is 0.0558 e. The van der Waals surface area contributed by atoms with Crippen LogP contribution in [-0.4, -0.2) is 11.0 Å². The van der Waals surface area contributed by atoms with E-state index >= 15 is 0 Å². The van der Waals surface area contributed by atoms with Gasteiger partial charge in [0.05, 0.1) is 11.9 Å². The number of hydrogen-bond donors (Lipinski definition) is 1. The fraction of sp³-hybridized carbons (Fsp3) is 0.643. The van der Waals surface area contributed by atoms with Gasteiger partial charge in [0, 0.05) is 12.2 Å². The van der Waals surface area contributed by atoms with Crippen LogP contribution in [0.3, 0.4) is 0 Å². The summed E-state index contributed by atoms with van der Waals surface area (Å²) in [4.78, 5) is 4.18. The summed E-state index contributed by atoms with van der Waals surface area (Å²) in [5.74, 6) is 1.72. The van der Waals surface area contributed by atoms with Crippen LogP contribution < -0.4 is 5.32 Å². The minimum Gasteiger partial charge on any atom is -0.381 e. The summed E-state index contributed by atoms with van der Waals surface area (Å²) >= 11 is 0. The van der Waals surface area contributed by atoms with Gasteiger partial charge in [-0.05, 0) is 49.7 Å². The van der Waals surface area contributed by atoms with Crippen LogP contribution in [0.2, 0.25) is 0 Å². The average Bonchev–Trinajstić information content (AvgIpc) is 2.27. The van der Waals surface area contributed by atoms with Crippen LogP contribution in [0.15, 0.2) is 18.5 Å². The quantitative estimate of drug-likeness (QED) is 0.820. The minimum absolute atomic E-state index is 0.633. The Morgan fingerprint density at radius 3 is 2.75 bits per heavy atom. The molecule has 88 valence electrons. The highest BCUT2D eigenvalue weighted by molar-refractivity contribution is 5.48. The van der Waals surface area contributed by atoms with Crippen LogP contribution in [0.1, 0.15) is 38.7 Å². The molecule has 1 heterocycles. The molecule has 3 atom stereocenters. The molecule has 1 fully saturated rings. The first-order valence-corrected chi connectivity index (χ1v) is 6.34. The van der Waals surface area contributed by atoms with Crippen LogP contribution in [-0.2, 0) is 0 Å². The van der Waals surface area contributed by atoms with E-state index in [0.29, 0.717) is 6.04 Å². The third-order valence-corrected chi connectivity index (χ3v) is 4.00. The predicted octanol–water partition coefficient (Wildman–Crippen LogP) is 3.63. The van der Waals surface area contributed by atoms with Crippen molar-refractivity contribution in [3.05, 3.63) is 24.0 Å². The van der Waals surface area contributed by atoms with Gasteiger partial charge in [-0.3, -0.25) is 4.98 Å². The summed E-state index contributed by atoms with van der Waals surface area (Å²) in [5, 5.41) is 3.64. The number of pyridine rings is 1. The van der Waals surface area contributed by atoms with Crippen LogP contribution in [0.25, 0.3) is 0 Å². The third-order valence-electron chi connectivity index (χ3n) is 4.00. The zero-order valence-electron chi connectivity index (χ0n) is 10.5. The van der Waals surface area contributed by atoms with Crippen molar-refractivity contribution in [2.75, 3.05) is 5.32 Å². The fourth-order valence-corrected chi connectivity index (χ4v) is 2.51. The van der Waals surface area contributed by atoms with Gasteiger partial charge in [0.15, 0.2) is 0 Å². The highest BCUT2D eigenvalue weighted by Crippen LogP contribution is 2.31. The Hall–Kier alpha value is -1.05. The molecule has 1 saturated carbocycles. The van der Waals surface area contributed by atoms with E-state index in [0.717, 1.165) is 11.8 Å². The van der Waals surface area contributed by atoms with E-state index in [2.05, 4.69) is 37.1 Å². The number of rotatable bonds is 2. The van der Waals surface area contributed by atoms with Crippen molar-refractivity contribution in [1.29, 1.82) is 0 Å². The van der Waals surface area contributed by atoms with Crippen LogP contribution in [0, 0.1) is 18.8 Å². The van der Waals surface area contributed by atoms with E-state index in [4.69, 9.17) is 0 Å². The Morgan fingerprint density at radius 2 is 2.06 bits per heavy atom. The molecule has 16 heavy (non-hydrogen) atoms. The fourth-order valence-electron chi connectivity index (χ4n) is 2.51. The van der Waals surface area contributed by atoms with Gasteiger partial charge >= 0.3 is 0 Å². The number of aromatic nitrogens is 1. The van der Waals surface area contributed by atoms with Crippen LogP contribution in [0.5, 0.6) is 0 Å². The van der Waals surface area contributed by atoms with Crippen LogP contribution in [0.4, 0.5) is 5.69 Å². The van der Waals surface area contributed by atoms with Gasteiger partial charge in [0.1, 0.15) is 0 Å². The summed E-state index contributed by atoms with van der Waals surface area (Å²) < 4.78 is 0. The molecular formula is C14H22N2. The first-order valence-electron chi connectivity index (χ1n) is 6.34. The molecule has 0 aromatic carbocycles. The Balaban J connectivity index is 1.98. The number of nitrogens with zero attached hydrogens (tertiary/aromatic N) is 1. The van der Waals surface area contributed by atoms with E-state index in [1.54, 1.807) is 0 Å². The van der Waals surface area contributed by atoms with E-state index in [-0.39, 0.29) is 0 Å².